The monoisotopic (exact) mass is 268 g/mol. The van der Waals surface area contributed by atoms with Crippen molar-refractivity contribution in [3.8, 4) is 0 Å². The normalized spacial score (nSPS) is 17.9. The summed E-state index contributed by atoms with van der Waals surface area (Å²) in [5.74, 6) is 1.16. The fourth-order valence-corrected chi connectivity index (χ4v) is 3.34. The van der Waals surface area contributed by atoms with Gasteiger partial charge in [0, 0.05) is 5.41 Å². The van der Waals surface area contributed by atoms with E-state index >= 15 is 0 Å². The number of aryl methyl sites for hydroxylation is 1. The Morgan fingerprint density at radius 1 is 1.00 bits per heavy atom. The highest BCUT2D eigenvalue weighted by atomic mass is 15.2. The fourth-order valence-electron chi connectivity index (χ4n) is 3.34. The van der Waals surface area contributed by atoms with E-state index in [-0.39, 0.29) is 5.41 Å². The zero-order valence-electron chi connectivity index (χ0n) is 11.8. The maximum Gasteiger partial charge on any atom is 0.150 e. The maximum absolute atomic E-state index is 6.16. The first-order valence-electron chi connectivity index (χ1n) is 7.25. The van der Waals surface area contributed by atoms with E-state index in [9.17, 15) is 0 Å². The van der Waals surface area contributed by atoms with Gasteiger partial charge in [0.2, 0.25) is 0 Å². The van der Waals surface area contributed by atoms with Gasteiger partial charge in [0.05, 0.1) is 0 Å². The highest BCUT2D eigenvalue weighted by Gasteiger charge is 2.39. The number of hydrogen-bond donors (Lipinski definition) is 1. The van der Waals surface area contributed by atoms with E-state index in [1.807, 2.05) is 13.0 Å². The van der Waals surface area contributed by atoms with Crippen molar-refractivity contribution >= 4 is 5.82 Å². The Bertz CT molecular complexity index is 589. The average Bonchev–Trinajstić information content (AvgIpc) is 2.49. The molecule has 0 amide bonds. The molecule has 4 heteroatoms. The van der Waals surface area contributed by atoms with Gasteiger partial charge in [0.1, 0.15) is 17.3 Å². The zero-order chi connectivity index (χ0) is 14.0. The van der Waals surface area contributed by atoms with Gasteiger partial charge in [0.15, 0.2) is 0 Å². The van der Waals surface area contributed by atoms with Crippen LogP contribution in [0.1, 0.15) is 49.2 Å². The lowest BCUT2D eigenvalue weighted by Crippen LogP contribution is -2.33. The molecule has 1 aliphatic rings. The largest absolute Gasteiger partial charge is 0.382 e. The molecule has 0 aliphatic heterocycles. The SMILES string of the molecule is Cc1nnc(C2(c3ccccc3)CCCCC2)c(N)n1. The Kier molecular flexibility index (Phi) is 3.38. The highest BCUT2D eigenvalue weighted by molar-refractivity contribution is 5.46. The van der Waals surface area contributed by atoms with Gasteiger partial charge in [-0.2, -0.15) is 0 Å². The molecule has 104 valence electrons. The molecule has 3 rings (SSSR count). The van der Waals surface area contributed by atoms with Gasteiger partial charge in [-0.3, -0.25) is 0 Å². The lowest BCUT2D eigenvalue weighted by atomic mass is 9.67. The van der Waals surface area contributed by atoms with E-state index in [0.29, 0.717) is 11.6 Å². The van der Waals surface area contributed by atoms with Gasteiger partial charge in [-0.25, -0.2) is 4.98 Å². The number of hydrogen-bond acceptors (Lipinski definition) is 4. The van der Waals surface area contributed by atoms with Gasteiger partial charge in [-0.1, -0.05) is 49.6 Å². The van der Waals surface area contributed by atoms with Gasteiger partial charge in [-0.05, 0) is 25.3 Å². The minimum atomic E-state index is -0.114. The second-order valence-corrected chi connectivity index (χ2v) is 5.60. The number of rotatable bonds is 2. The van der Waals surface area contributed by atoms with Gasteiger partial charge in [0.25, 0.3) is 0 Å². The number of aromatic nitrogens is 3. The molecule has 1 aromatic heterocycles. The Hall–Kier alpha value is -1.97. The molecular weight excluding hydrogens is 248 g/mol. The molecule has 0 saturated heterocycles. The molecule has 2 N–H and O–H groups in total. The third-order valence-electron chi connectivity index (χ3n) is 4.31. The molecule has 0 atom stereocenters. The van der Waals surface area contributed by atoms with E-state index in [1.54, 1.807) is 0 Å². The highest BCUT2D eigenvalue weighted by Crippen LogP contribution is 2.45. The third-order valence-corrected chi connectivity index (χ3v) is 4.31. The smallest absolute Gasteiger partial charge is 0.150 e. The molecule has 20 heavy (non-hydrogen) atoms. The zero-order valence-corrected chi connectivity index (χ0v) is 11.8. The number of anilines is 1. The Morgan fingerprint density at radius 2 is 1.70 bits per heavy atom. The minimum Gasteiger partial charge on any atom is -0.382 e. The van der Waals surface area contributed by atoms with Gasteiger partial charge >= 0.3 is 0 Å². The summed E-state index contributed by atoms with van der Waals surface area (Å²) < 4.78 is 0. The average molecular weight is 268 g/mol. The van der Waals surface area contributed by atoms with Crippen LogP contribution in [0.25, 0.3) is 0 Å². The van der Waals surface area contributed by atoms with Crippen molar-refractivity contribution in [2.75, 3.05) is 5.73 Å². The summed E-state index contributed by atoms with van der Waals surface area (Å²) in [6.07, 6.45) is 5.82. The van der Waals surface area contributed by atoms with Crippen molar-refractivity contribution in [2.24, 2.45) is 0 Å². The van der Waals surface area contributed by atoms with Crippen LogP contribution >= 0.6 is 0 Å². The Labute approximate surface area is 119 Å². The predicted octanol–water partition coefficient (Wildman–Crippen LogP) is 3.01. The topological polar surface area (TPSA) is 64.7 Å². The molecule has 0 bridgehead atoms. The van der Waals surface area contributed by atoms with E-state index in [4.69, 9.17) is 5.73 Å². The van der Waals surface area contributed by atoms with Gasteiger partial charge < -0.3 is 5.73 Å². The van der Waals surface area contributed by atoms with E-state index in [1.165, 1.54) is 24.8 Å². The molecular formula is C16H20N4. The standard InChI is InChI=1S/C16H20N4/c1-12-18-15(17)14(20-19-12)16(10-6-3-7-11-16)13-8-4-2-5-9-13/h2,4-5,8-9H,3,6-7,10-11H2,1H3,(H2,17,18,19). The summed E-state index contributed by atoms with van der Waals surface area (Å²) in [5.41, 5.74) is 8.19. The lowest BCUT2D eigenvalue weighted by Gasteiger charge is -2.37. The van der Waals surface area contributed by atoms with Crippen LogP contribution in [0.2, 0.25) is 0 Å². The Morgan fingerprint density at radius 3 is 2.35 bits per heavy atom. The van der Waals surface area contributed by atoms with Crippen LogP contribution in [0.4, 0.5) is 5.82 Å². The maximum atomic E-state index is 6.16. The van der Waals surface area contributed by atoms with Crippen LogP contribution in [0.15, 0.2) is 30.3 Å². The van der Waals surface area contributed by atoms with Crippen LogP contribution < -0.4 is 5.73 Å². The van der Waals surface area contributed by atoms with Crippen LogP contribution in [0.5, 0.6) is 0 Å². The summed E-state index contributed by atoms with van der Waals surface area (Å²) in [6, 6.07) is 10.6. The summed E-state index contributed by atoms with van der Waals surface area (Å²) >= 11 is 0. The van der Waals surface area contributed by atoms with Crippen LogP contribution in [0.3, 0.4) is 0 Å². The molecule has 1 aromatic carbocycles. The summed E-state index contributed by atoms with van der Waals surface area (Å²) in [6.45, 7) is 1.82. The molecule has 0 radical (unpaired) electrons. The summed E-state index contributed by atoms with van der Waals surface area (Å²) in [7, 11) is 0. The van der Waals surface area contributed by atoms with Crippen LogP contribution in [-0.2, 0) is 5.41 Å². The molecule has 1 saturated carbocycles. The summed E-state index contributed by atoms with van der Waals surface area (Å²) in [5, 5.41) is 8.56. The summed E-state index contributed by atoms with van der Waals surface area (Å²) in [4.78, 5) is 4.32. The first-order chi connectivity index (χ1) is 9.72. The predicted molar refractivity (Wildman–Crippen MR) is 79.3 cm³/mol. The molecule has 1 heterocycles. The Balaban J connectivity index is 2.15. The molecule has 4 nitrogen and oxygen atoms in total. The minimum absolute atomic E-state index is 0.114. The van der Waals surface area contributed by atoms with Crippen molar-refractivity contribution in [2.45, 2.75) is 44.4 Å². The van der Waals surface area contributed by atoms with Crippen LogP contribution in [-0.4, -0.2) is 15.2 Å². The van der Waals surface area contributed by atoms with Gasteiger partial charge in [-0.15, -0.1) is 10.2 Å². The van der Waals surface area contributed by atoms with Crippen LogP contribution in [0, 0.1) is 6.92 Å². The quantitative estimate of drug-likeness (QED) is 0.909. The molecule has 1 fully saturated rings. The van der Waals surface area contributed by atoms with E-state index in [0.717, 1.165) is 18.5 Å². The van der Waals surface area contributed by atoms with Crippen molar-refractivity contribution in [1.82, 2.24) is 15.2 Å². The first-order valence-corrected chi connectivity index (χ1v) is 7.25. The third kappa shape index (κ3) is 2.15. The van der Waals surface area contributed by atoms with Crippen molar-refractivity contribution < 1.29 is 0 Å². The molecule has 0 spiro atoms. The fraction of sp³-hybridized carbons (Fsp3) is 0.438. The number of nitrogens with two attached hydrogens (primary N) is 1. The van der Waals surface area contributed by atoms with Crippen molar-refractivity contribution in [3.63, 3.8) is 0 Å². The number of nitrogen functional groups attached to an aromatic ring is 1. The molecule has 2 aromatic rings. The molecule has 1 aliphatic carbocycles. The second-order valence-electron chi connectivity index (χ2n) is 5.60. The number of benzene rings is 1. The first kappa shape index (κ1) is 13.0. The molecule has 0 unspecified atom stereocenters. The lowest BCUT2D eigenvalue weighted by molar-refractivity contribution is 0.336. The van der Waals surface area contributed by atoms with Crippen molar-refractivity contribution in [1.29, 1.82) is 0 Å². The van der Waals surface area contributed by atoms with E-state index in [2.05, 4.69) is 39.4 Å². The second kappa shape index (κ2) is 5.19. The van der Waals surface area contributed by atoms with Crippen molar-refractivity contribution in [3.05, 3.63) is 47.4 Å². The number of nitrogens with zero attached hydrogens (tertiary/aromatic N) is 3. The van der Waals surface area contributed by atoms with E-state index < -0.39 is 0 Å².